The smallest absolute Gasteiger partial charge is 0.169 e. The second-order valence-electron chi connectivity index (χ2n) is 4.72. The van der Waals surface area contributed by atoms with E-state index in [2.05, 4.69) is 0 Å². The van der Waals surface area contributed by atoms with Gasteiger partial charge in [0.25, 0.3) is 0 Å². The van der Waals surface area contributed by atoms with Crippen LogP contribution in [0.3, 0.4) is 0 Å². The monoisotopic (exact) mass is 263 g/mol. The number of aliphatic hydroxyl groups excluding tert-OH is 2. The SMILES string of the molecule is NC1CCC2(CC1SCC(O)CO)OCCO2. The van der Waals surface area contributed by atoms with Crippen molar-refractivity contribution in [1.29, 1.82) is 0 Å². The van der Waals surface area contributed by atoms with Crippen LogP contribution in [-0.4, -0.2) is 59.0 Å². The first-order chi connectivity index (χ1) is 8.15. The molecule has 0 aromatic rings. The van der Waals surface area contributed by atoms with Crippen molar-refractivity contribution in [3.8, 4) is 0 Å². The van der Waals surface area contributed by atoms with Crippen LogP contribution in [0.1, 0.15) is 19.3 Å². The maximum Gasteiger partial charge on any atom is 0.169 e. The number of nitrogens with two attached hydrogens (primary N) is 1. The summed E-state index contributed by atoms with van der Waals surface area (Å²) in [7, 11) is 0. The highest BCUT2D eigenvalue weighted by atomic mass is 32.2. The Kier molecular flexibility index (Phi) is 4.68. The molecule has 0 bridgehead atoms. The number of hydrogen-bond acceptors (Lipinski definition) is 6. The van der Waals surface area contributed by atoms with Gasteiger partial charge in [-0.25, -0.2) is 0 Å². The number of aliphatic hydroxyl groups is 2. The number of hydrogen-bond donors (Lipinski definition) is 3. The van der Waals surface area contributed by atoms with Crippen molar-refractivity contribution in [2.75, 3.05) is 25.6 Å². The summed E-state index contributed by atoms with van der Waals surface area (Å²) in [5, 5.41) is 18.4. The summed E-state index contributed by atoms with van der Waals surface area (Å²) in [5.41, 5.74) is 6.08. The van der Waals surface area contributed by atoms with Crippen molar-refractivity contribution < 1.29 is 19.7 Å². The summed E-state index contributed by atoms with van der Waals surface area (Å²) in [6.45, 7) is 1.12. The molecule has 1 aliphatic carbocycles. The van der Waals surface area contributed by atoms with Crippen LogP contribution < -0.4 is 5.73 Å². The predicted molar refractivity (Wildman–Crippen MR) is 65.8 cm³/mol. The van der Waals surface area contributed by atoms with E-state index < -0.39 is 11.9 Å². The minimum atomic E-state index is -0.671. The zero-order valence-corrected chi connectivity index (χ0v) is 10.7. The van der Waals surface area contributed by atoms with Crippen LogP contribution in [-0.2, 0) is 9.47 Å². The van der Waals surface area contributed by atoms with Gasteiger partial charge in [0, 0.05) is 29.9 Å². The molecule has 100 valence electrons. The molecule has 0 aromatic heterocycles. The maximum atomic E-state index is 9.36. The Bertz CT molecular complexity index is 248. The van der Waals surface area contributed by atoms with E-state index in [1.165, 1.54) is 0 Å². The van der Waals surface area contributed by atoms with Crippen molar-refractivity contribution in [1.82, 2.24) is 0 Å². The highest BCUT2D eigenvalue weighted by molar-refractivity contribution is 8.00. The van der Waals surface area contributed by atoms with Gasteiger partial charge < -0.3 is 25.4 Å². The van der Waals surface area contributed by atoms with Crippen molar-refractivity contribution >= 4 is 11.8 Å². The molecule has 1 heterocycles. The third-order valence-electron chi connectivity index (χ3n) is 3.38. The van der Waals surface area contributed by atoms with E-state index in [9.17, 15) is 5.11 Å². The van der Waals surface area contributed by atoms with Gasteiger partial charge in [-0.1, -0.05) is 0 Å². The number of thioether (sulfide) groups is 1. The predicted octanol–water partition coefficient (Wildman–Crippen LogP) is -0.304. The van der Waals surface area contributed by atoms with Crippen LogP contribution in [0.4, 0.5) is 0 Å². The summed E-state index contributed by atoms with van der Waals surface area (Å²) in [6.07, 6.45) is 1.84. The van der Waals surface area contributed by atoms with E-state index in [4.69, 9.17) is 20.3 Å². The molecule has 2 rings (SSSR count). The third-order valence-corrected chi connectivity index (χ3v) is 4.90. The van der Waals surface area contributed by atoms with Crippen LogP contribution in [0.15, 0.2) is 0 Å². The molecule has 4 N–H and O–H groups in total. The minimum absolute atomic E-state index is 0.115. The van der Waals surface area contributed by atoms with Gasteiger partial charge in [-0.2, -0.15) is 11.8 Å². The first-order valence-electron chi connectivity index (χ1n) is 6.09. The minimum Gasteiger partial charge on any atom is -0.394 e. The zero-order valence-electron chi connectivity index (χ0n) is 9.88. The van der Waals surface area contributed by atoms with Crippen LogP contribution in [0.2, 0.25) is 0 Å². The fourth-order valence-corrected chi connectivity index (χ4v) is 3.69. The van der Waals surface area contributed by atoms with E-state index in [1.807, 2.05) is 0 Å². The van der Waals surface area contributed by atoms with Crippen LogP contribution in [0.5, 0.6) is 0 Å². The summed E-state index contributed by atoms with van der Waals surface area (Å²) < 4.78 is 11.4. The first kappa shape index (κ1) is 13.6. The van der Waals surface area contributed by atoms with Crippen molar-refractivity contribution in [3.63, 3.8) is 0 Å². The van der Waals surface area contributed by atoms with Crippen LogP contribution in [0.25, 0.3) is 0 Å². The maximum absolute atomic E-state index is 9.36. The summed E-state index contributed by atoms with van der Waals surface area (Å²) in [5.74, 6) is 0.0721. The molecule has 0 aromatic carbocycles. The Morgan fingerprint density at radius 2 is 2.12 bits per heavy atom. The molecule has 1 saturated carbocycles. The molecule has 5 nitrogen and oxygen atoms in total. The molecule has 0 radical (unpaired) electrons. The Hall–Kier alpha value is 0.150. The Morgan fingerprint density at radius 1 is 1.41 bits per heavy atom. The lowest BCUT2D eigenvalue weighted by Gasteiger charge is -2.39. The molecule has 1 spiro atoms. The van der Waals surface area contributed by atoms with Gasteiger partial charge in [-0.3, -0.25) is 0 Å². The van der Waals surface area contributed by atoms with Gasteiger partial charge >= 0.3 is 0 Å². The second-order valence-corrected chi connectivity index (χ2v) is 5.99. The molecule has 1 aliphatic heterocycles. The van der Waals surface area contributed by atoms with E-state index >= 15 is 0 Å². The van der Waals surface area contributed by atoms with Gasteiger partial charge in [0.2, 0.25) is 0 Å². The molecule has 3 atom stereocenters. The van der Waals surface area contributed by atoms with Crippen molar-refractivity contribution in [2.24, 2.45) is 5.73 Å². The summed E-state index contributed by atoms with van der Waals surface area (Å²) in [4.78, 5) is 0. The molecular weight excluding hydrogens is 242 g/mol. The Balaban J connectivity index is 1.86. The Morgan fingerprint density at radius 3 is 2.76 bits per heavy atom. The van der Waals surface area contributed by atoms with Gasteiger partial charge in [-0.05, 0) is 6.42 Å². The normalized spacial score (nSPS) is 34.1. The van der Waals surface area contributed by atoms with Crippen molar-refractivity contribution in [3.05, 3.63) is 0 Å². The van der Waals surface area contributed by atoms with Crippen LogP contribution >= 0.6 is 11.8 Å². The molecule has 2 fully saturated rings. The zero-order chi connectivity index (χ0) is 12.3. The van der Waals surface area contributed by atoms with Gasteiger partial charge in [0.05, 0.1) is 25.9 Å². The van der Waals surface area contributed by atoms with Crippen LogP contribution in [0, 0.1) is 0 Å². The molecule has 2 aliphatic rings. The summed E-state index contributed by atoms with van der Waals surface area (Å²) in [6, 6.07) is 0.115. The second kappa shape index (κ2) is 5.86. The molecule has 0 amide bonds. The fraction of sp³-hybridized carbons (Fsp3) is 1.00. The topological polar surface area (TPSA) is 84.9 Å². The number of rotatable bonds is 4. The van der Waals surface area contributed by atoms with Gasteiger partial charge in [-0.15, -0.1) is 0 Å². The van der Waals surface area contributed by atoms with E-state index in [1.54, 1.807) is 11.8 Å². The Labute approximate surface area is 106 Å². The lowest BCUT2D eigenvalue weighted by molar-refractivity contribution is -0.176. The largest absolute Gasteiger partial charge is 0.394 e. The standard InChI is InChI=1S/C11H21NO4S/c12-9-1-2-11(15-3-4-16-11)5-10(9)17-7-8(14)6-13/h8-10,13-14H,1-7,12H2. The lowest BCUT2D eigenvalue weighted by atomic mass is 9.90. The fourth-order valence-electron chi connectivity index (χ4n) is 2.36. The highest BCUT2D eigenvalue weighted by Gasteiger charge is 2.44. The molecular formula is C11H21NO4S. The number of ether oxygens (including phenoxy) is 2. The molecule has 17 heavy (non-hydrogen) atoms. The van der Waals surface area contributed by atoms with E-state index in [-0.39, 0.29) is 17.9 Å². The van der Waals surface area contributed by atoms with E-state index in [0.717, 1.165) is 19.3 Å². The molecule has 6 heteroatoms. The van der Waals surface area contributed by atoms with Gasteiger partial charge in [0.15, 0.2) is 5.79 Å². The average Bonchev–Trinajstić information content (AvgIpc) is 2.79. The quantitative estimate of drug-likeness (QED) is 0.645. The summed E-state index contributed by atoms with van der Waals surface area (Å²) >= 11 is 1.60. The average molecular weight is 263 g/mol. The molecule has 1 saturated heterocycles. The van der Waals surface area contributed by atoms with Crippen molar-refractivity contribution in [2.45, 2.75) is 42.4 Å². The van der Waals surface area contributed by atoms with Gasteiger partial charge in [0.1, 0.15) is 0 Å². The highest BCUT2D eigenvalue weighted by Crippen LogP contribution is 2.39. The third kappa shape index (κ3) is 3.33. The van der Waals surface area contributed by atoms with E-state index in [0.29, 0.717) is 19.0 Å². The first-order valence-corrected chi connectivity index (χ1v) is 7.14. The molecule has 3 unspecified atom stereocenters. The lowest BCUT2D eigenvalue weighted by Crippen LogP contribution is -2.48.